The Morgan fingerprint density at radius 2 is 2.00 bits per heavy atom. The molecule has 0 spiro atoms. The fraction of sp³-hybridized carbons (Fsp3) is 0.0556. The topological polar surface area (TPSA) is 79.4 Å². The number of rotatable bonds is 5. The number of aromatic nitrogens is 2. The van der Waals surface area contributed by atoms with Gasteiger partial charge in [0.05, 0.1) is 24.0 Å². The molecule has 0 aliphatic rings. The van der Waals surface area contributed by atoms with Crippen LogP contribution in [0.2, 0.25) is 5.02 Å². The number of H-pyrrole nitrogens is 1. The van der Waals surface area contributed by atoms with Crippen LogP contribution in [0.25, 0.3) is 11.3 Å². The number of nitrogens with zero attached hydrogens (tertiary/aromatic N) is 2. The molecule has 0 bridgehead atoms. The van der Waals surface area contributed by atoms with E-state index in [1.807, 2.05) is 42.5 Å². The van der Waals surface area contributed by atoms with Crippen molar-refractivity contribution in [1.82, 2.24) is 15.6 Å². The molecule has 3 aromatic rings. The number of aromatic amines is 1. The van der Waals surface area contributed by atoms with Crippen molar-refractivity contribution in [3.05, 3.63) is 70.9 Å². The van der Waals surface area contributed by atoms with Gasteiger partial charge in [-0.1, -0.05) is 29.8 Å². The molecule has 6 nitrogen and oxygen atoms in total. The first-order chi connectivity index (χ1) is 12.2. The summed E-state index contributed by atoms with van der Waals surface area (Å²) in [6, 6.07) is 16.2. The number of nitrogens with one attached hydrogen (secondary N) is 2. The van der Waals surface area contributed by atoms with Crippen LogP contribution in [-0.2, 0) is 0 Å². The largest absolute Gasteiger partial charge is 0.497 e. The molecule has 0 atom stereocenters. The maximum atomic E-state index is 12.1. The van der Waals surface area contributed by atoms with E-state index in [9.17, 15) is 4.79 Å². The molecule has 1 heterocycles. The van der Waals surface area contributed by atoms with Gasteiger partial charge in [-0.3, -0.25) is 9.89 Å². The lowest BCUT2D eigenvalue weighted by molar-refractivity contribution is 0.0950. The summed E-state index contributed by atoms with van der Waals surface area (Å²) in [5, 5.41) is 11.3. The second-order valence-electron chi connectivity index (χ2n) is 5.12. The minimum Gasteiger partial charge on any atom is -0.497 e. The zero-order valence-electron chi connectivity index (χ0n) is 13.4. The van der Waals surface area contributed by atoms with Gasteiger partial charge < -0.3 is 4.74 Å². The molecule has 25 heavy (non-hydrogen) atoms. The summed E-state index contributed by atoms with van der Waals surface area (Å²) in [5.41, 5.74) is 4.92. The molecule has 126 valence electrons. The number of benzene rings is 2. The Morgan fingerprint density at radius 1 is 1.24 bits per heavy atom. The fourth-order valence-corrected chi connectivity index (χ4v) is 2.39. The fourth-order valence-electron chi connectivity index (χ4n) is 2.16. The molecule has 0 aliphatic carbocycles. The monoisotopic (exact) mass is 354 g/mol. The smallest absolute Gasteiger partial charge is 0.289 e. The van der Waals surface area contributed by atoms with E-state index in [0.29, 0.717) is 16.4 Å². The Morgan fingerprint density at radius 3 is 2.72 bits per heavy atom. The van der Waals surface area contributed by atoms with Crippen LogP contribution in [-0.4, -0.2) is 29.4 Å². The van der Waals surface area contributed by atoms with E-state index < -0.39 is 5.91 Å². The Kier molecular flexibility index (Phi) is 5.11. The van der Waals surface area contributed by atoms with E-state index in [-0.39, 0.29) is 0 Å². The van der Waals surface area contributed by atoms with E-state index >= 15 is 0 Å². The molecule has 0 saturated carbocycles. The maximum Gasteiger partial charge on any atom is 0.289 e. The number of amides is 1. The summed E-state index contributed by atoms with van der Waals surface area (Å²) in [7, 11) is 1.60. The summed E-state index contributed by atoms with van der Waals surface area (Å²) in [6.45, 7) is 0. The lowest BCUT2D eigenvalue weighted by Gasteiger charge is -1.99. The average Bonchev–Trinajstić information content (AvgIpc) is 3.12. The number of hydrogen-bond acceptors (Lipinski definition) is 4. The van der Waals surface area contributed by atoms with Gasteiger partial charge in [-0.25, -0.2) is 5.43 Å². The van der Waals surface area contributed by atoms with Crippen molar-refractivity contribution < 1.29 is 9.53 Å². The number of hydrazone groups is 1. The first kappa shape index (κ1) is 16.7. The van der Waals surface area contributed by atoms with Crippen LogP contribution in [0.4, 0.5) is 0 Å². The zero-order chi connectivity index (χ0) is 17.6. The van der Waals surface area contributed by atoms with Gasteiger partial charge >= 0.3 is 0 Å². The molecular formula is C18H15ClN4O2. The molecule has 1 amide bonds. The molecule has 0 fully saturated rings. The summed E-state index contributed by atoms with van der Waals surface area (Å²) in [6.07, 6.45) is 1.54. The quantitative estimate of drug-likeness (QED) is 0.543. The van der Waals surface area contributed by atoms with Crippen LogP contribution in [0.15, 0.2) is 59.7 Å². The summed E-state index contributed by atoms with van der Waals surface area (Å²) >= 11 is 6.13. The van der Waals surface area contributed by atoms with E-state index in [2.05, 4.69) is 20.7 Å². The number of hydrogen-bond donors (Lipinski definition) is 2. The van der Waals surface area contributed by atoms with Gasteiger partial charge in [-0.05, 0) is 42.0 Å². The zero-order valence-corrected chi connectivity index (χ0v) is 14.1. The number of methoxy groups -OCH3 is 1. The molecule has 3 rings (SSSR count). The maximum absolute atomic E-state index is 12.1. The highest BCUT2D eigenvalue weighted by molar-refractivity contribution is 6.33. The minimum atomic E-state index is -0.393. The Labute approximate surface area is 149 Å². The summed E-state index contributed by atoms with van der Waals surface area (Å²) in [5.74, 6) is 0.362. The second-order valence-corrected chi connectivity index (χ2v) is 5.53. The second kappa shape index (κ2) is 7.63. The predicted octanol–water partition coefficient (Wildman–Crippen LogP) is 3.50. The van der Waals surface area contributed by atoms with Crippen molar-refractivity contribution in [2.45, 2.75) is 0 Å². The molecule has 2 N–H and O–H groups in total. The number of ether oxygens (including phenoxy) is 1. The summed E-state index contributed by atoms with van der Waals surface area (Å²) < 4.78 is 5.08. The molecule has 0 aliphatic heterocycles. The lowest BCUT2D eigenvalue weighted by atomic mass is 10.1. The molecule has 0 radical (unpaired) electrons. The highest BCUT2D eigenvalue weighted by Gasteiger charge is 2.12. The third-order valence-corrected chi connectivity index (χ3v) is 3.80. The molecular weight excluding hydrogens is 340 g/mol. The van der Waals surface area contributed by atoms with Crippen molar-refractivity contribution >= 4 is 23.7 Å². The van der Waals surface area contributed by atoms with Gasteiger partial charge in [0, 0.05) is 5.56 Å². The van der Waals surface area contributed by atoms with E-state index in [1.165, 1.54) is 0 Å². The van der Waals surface area contributed by atoms with Crippen LogP contribution in [0, 0.1) is 0 Å². The normalized spacial score (nSPS) is 10.8. The van der Waals surface area contributed by atoms with Gasteiger partial charge in [0.1, 0.15) is 11.4 Å². The first-order valence-corrected chi connectivity index (χ1v) is 7.83. The standard InChI is InChI=1S/C18H15ClN4O2/c1-25-13-8-6-12(7-9-13)11-20-23-18(24)17-10-16(21-22-17)14-4-2-3-5-15(14)19/h2-11H,1H3,(H,21,22)(H,23,24)/b20-11+. The highest BCUT2D eigenvalue weighted by Crippen LogP contribution is 2.26. The number of halogens is 1. The highest BCUT2D eigenvalue weighted by atomic mass is 35.5. The SMILES string of the molecule is COc1ccc(/C=N/NC(=O)c2cc(-c3ccccc3Cl)n[nH]2)cc1. The van der Waals surface area contributed by atoms with E-state index in [1.54, 1.807) is 25.5 Å². The Balaban J connectivity index is 1.65. The number of carbonyl (C=O) groups excluding carboxylic acids is 1. The van der Waals surface area contributed by atoms with Crippen molar-refractivity contribution in [2.75, 3.05) is 7.11 Å². The van der Waals surface area contributed by atoms with Gasteiger partial charge in [0.25, 0.3) is 5.91 Å². The van der Waals surface area contributed by atoms with Crippen molar-refractivity contribution in [1.29, 1.82) is 0 Å². The van der Waals surface area contributed by atoms with Crippen molar-refractivity contribution in [3.8, 4) is 17.0 Å². The van der Waals surface area contributed by atoms with Crippen LogP contribution in [0.5, 0.6) is 5.75 Å². The van der Waals surface area contributed by atoms with Crippen LogP contribution in [0.3, 0.4) is 0 Å². The predicted molar refractivity (Wildman–Crippen MR) is 97.1 cm³/mol. The molecule has 0 saturated heterocycles. The molecule has 7 heteroatoms. The van der Waals surface area contributed by atoms with Crippen LogP contribution < -0.4 is 10.2 Å². The summed E-state index contributed by atoms with van der Waals surface area (Å²) in [4.78, 5) is 12.1. The Bertz CT molecular complexity index is 903. The minimum absolute atomic E-state index is 0.293. The third-order valence-electron chi connectivity index (χ3n) is 3.47. The van der Waals surface area contributed by atoms with Crippen molar-refractivity contribution in [2.24, 2.45) is 5.10 Å². The number of carbonyl (C=O) groups is 1. The molecule has 2 aromatic carbocycles. The van der Waals surface area contributed by atoms with Crippen LogP contribution >= 0.6 is 11.6 Å². The van der Waals surface area contributed by atoms with Gasteiger partial charge in [0.2, 0.25) is 0 Å². The average molecular weight is 355 g/mol. The first-order valence-electron chi connectivity index (χ1n) is 7.45. The van der Waals surface area contributed by atoms with Gasteiger partial charge in [-0.15, -0.1) is 0 Å². The lowest BCUT2D eigenvalue weighted by Crippen LogP contribution is -2.17. The molecule has 0 unspecified atom stereocenters. The van der Waals surface area contributed by atoms with Crippen LogP contribution in [0.1, 0.15) is 16.1 Å². The van der Waals surface area contributed by atoms with Crippen molar-refractivity contribution in [3.63, 3.8) is 0 Å². The van der Waals surface area contributed by atoms with E-state index in [4.69, 9.17) is 16.3 Å². The van der Waals surface area contributed by atoms with Gasteiger partial charge in [-0.2, -0.15) is 10.2 Å². The molecule has 1 aromatic heterocycles. The van der Waals surface area contributed by atoms with E-state index in [0.717, 1.165) is 16.9 Å². The van der Waals surface area contributed by atoms with Gasteiger partial charge in [0.15, 0.2) is 0 Å². The Hall–Kier alpha value is -3.12. The third kappa shape index (κ3) is 4.05.